The van der Waals surface area contributed by atoms with Crippen molar-refractivity contribution in [2.75, 3.05) is 0 Å². The molecular formula is C15H18N4O. The molecule has 0 radical (unpaired) electrons. The number of nitrogens with one attached hydrogen (secondary N) is 1. The second kappa shape index (κ2) is 6.14. The predicted octanol–water partition coefficient (Wildman–Crippen LogP) is 2.04. The molecule has 0 atom stereocenters. The van der Waals surface area contributed by atoms with Gasteiger partial charge in [0.2, 0.25) is 0 Å². The minimum Gasteiger partial charge on any atom is -0.271 e. The molecule has 0 bridgehead atoms. The first-order valence-corrected chi connectivity index (χ1v) is 6.46. The first-order valence-electron chi connectivity index (χ1n) is 6.46. The molecule has 0 saturated heterocycles. The SMILES string of the molecule is C/C(=N/NC(=O)Cn1nc(C)cc1C)c1ccccc1. The highest BCUT2D eigenvalue weighted by Gasteiger charge is 2.06. The highest BCUT2D eigenvalue weighted by Crippen LogP contribution is 2.02. The van der Waals surface area contributed by atoms with Gasteiger partial charge in [-0.15, -0.1) is 0 Å². The van der Waals surface area contributed by atoms with E-state index >= 15 is 0 Å². The summed E-state index contributed by atoms with van der Waals surface area (Å²) in [5.74, 6) is -0.188. The number of aryl methyl sites for hydroxylation is 2. The summed E-state index contributed by atoms with van der Waals surface area (Å²) in [6, 6.07) is 11.7. The Bertz CT molecular complexity index is 629. The van der Waals surface area contributed by atoms with Crippen LogP contribution in [-0.2, 0) is 11.3 Å². The Labute approximate surface area is 118 Å². The zero-order chi connectivity index (χ0) is 14.5. The van der Waals surface area contributed by atoms with Gasteiger partial charge in [0.15, 0.2) is 0 Å². The third-order valence-corrected chi connectivity index (χ3v) is 2.94. The van der Waals surface area contributed by atoms with Crippen molar-refractivity contribution in [2.24, 2.45) is 5.10 Å². The van der Waals surface area contributed by atoms with Gasteiger partial charge in [-0.25, -0.2) is 5.43 Å². The third kappa shape index (κ3) is 3.54. The number of aromatic nitrogens is 2. The van der Waals surface area contributed by atoms with Gasteiger partial charge >= 0.3 is 0 Å². The van der Waals surface area contributed by atoms with Gasteiger partial charge in [0.05, 0.1) is 11.4 Å². The summed E-state index contributed by atoms with van der Waals surface area (Å²) in [4.78, 5) is 11.8. The van der Waals surface area contributed by atoms with Gasteiger partial charge in [0, 0.05) is 5.69 Å². The quantitative estimate of drug-likeness (QED) is 0.682. The normalized spacial score (nSPS) is 11.4. The number of carbonyl (C=O) groups excluding carboxylic acids is 1. The fourth-order valence-electron chi connectivity index (χ4n) is 1.90. The second-order valence-corrected chi connectivity index (χ2v) is 4.68. The van der Waals surface area contributed by atoms with Crippen LogP contribution in [0.1, 0.15) is 23.9 Å². The lowest BCUT2D eigenvalue weighted by Crippen LogP contribution is -2.25. The van der Waals surface area contributed by atoms with E-state index in [1.807, 2.05) is 57.2 Å². The second-order valence-electron chi connectivity index (χ2n) is 4.68. The maximum atomic E-state index is 11.8. The van der Waals surface area contributed by atoms with Gasteiger partial charge in [0.25, 0.3) is 5.91 Å². The molecule has 0 saturated carbocycles. The summed E-state index contributed by atoms with van der Waals surface area (Å²) in [7, 11) is 0. The van der Waals surface area contributed by atoms with E-state index < -0.39 is 0 Å². The Morgan fingerprint density at radius 3 is 2.60 bits per heavy atom. The first-order chi connectivity index (χ1) is 9.56. The molecule has 5 heteroatoms. The number of hydrogen-bond acceptors (Lipinski definition) is 3. The molecule has 0 spiro atoms. The zero-order valence-corrected chi connectivity index (χ0v) is 11.9. The van der Waals surface area contributed by atoms with Crippen molar-refractivity contribution < 1.29 is 4.79 Å². The Balaban J connectivity index is 1.97. The Kier molecular flexibility index (Phi) is 4.30. The van der Waals surface area contributed by atoms with Crippen LogP contribution in [-0.4, -0.2) is 21.4 Å². The molecule has 0 aliphatic rings. The monoisotopic (exact) mass is 270 g/mol. The van der Waals surface area contributed by atoms with Crippen LogP contribution in [0.25, 0.3) is 0 Å². The van der Waals surface area contributed by atoms with Crippen molar-refractivity contribution in [3.05, 3.63) is 53.3 Å². The van der Waals surface area contributed by atoms with E-state index in [1.165, 1.54) is 0 Å². The first kappa shape index (κ1) is 14.0. The maximum Gasteiger partial charge on any atom is 0.261 e. The smallest absolute Gasteiger partial charge is 0.261 e. The predicted molar refractivity (Wildman–Crippen MR) is 78.5 cm³/mol. The molecule has 0 aliphatic carbocycles. The Hall–Kier alpha value is -2.43. The number of hydrazone groups is 1. The molecule has 1 heterocycles. The standard InChI is InChI=1S/C15H18N4O/c1-11-9-12(2)19(18-11)10-15(20)17-16-13(3)14-7-5-4-6-8-14/h4-9H,10H2,1-3H3,(H,17,20)/b16-13-. The average Bonchev–Trinajstić information content (AvgIpc) is 2.75. The molecule has 0 unspecified atom stereocenters. The van der Waals surface area contributed by atoms with Gasteiger partial charge in [-0.2, -0.15) is 10.2 Å². The van der Waals surface area contributed by atoms with E-state index in [9.17, 15) is 4.79 Å². The molecule has 0 fully saturated rings. The molecule has 1 N–H and O–H groups in total. The fourth-order valence-corrected chi connectivity index (χ4v) is 1.90. The van der Waals surface area contributed by atoms with Crippen LogP contribution >= 0.6 is 0 Å². The number of rotatable bonds is 4. The minimum atomic E-state index is -0.188. The third-order valence-electron chi connectivity index (χ3n) is 2.94. The van der Waals surface area contributed by atoms with Crippen molar-refractivity contribution in [3.63, 3.8) is 0 Å². The Morgan fingerprint density at radius 1 is 1.30 bits per heavy atom. The van der Waals surface area contributed by atoms with Crippen molar-refractivity contribution in [1.82, 2.24) is 15.2 Å². The van der Waals surface area contributed by atoms with Crippen LogP contribution in [0, 0.1) is 13.8 Å². The molecule has 1 aromatic heterocycles. The summed E-state index contributed by atoms with van der Waals surface area (Å²) in [6.07, 6.45) is 0. The number of benzene rings is 1. The van der Waals surface area contributed by atoms with E-state index in [1.54, 1.807) is 4.68 Å². The number of nitrogens with zero attached hydrogens (tertiary/aromatic N) is 3. The number of hydrogen-bond donors (Lipinski definition) is 1. The molecule has 20 heavy (non-hydrogen) atoms. The van der Waals surface area contributed by atoms with E-state index in [-0.39, 0.29) is 12.5 Å². The lowest BCUT2D eigenvalue weighted by atomic mass is 10.1. The largest absolute Gasteiger partial charge is 0.271 e. The number of amides is 1. The average molecular weight is 270 g/mol. The van der Waals surface area contributed by atoms with Crippen molar-refractivity contribution in [1.29, 1.82) is 0 Å². The van der Waals surface area contributed by atoms with Crippen molar-refractivity contribution in [3.8, 4) is 0 Å². The van der Waals surface area contributed by atoms with Crippen molar-refractivity contribution in [2.45, 2.75) is 27.3 Å². The zero-order valence-electron chi connectivity index (χ0n) is 11.9. The summed E-state index contributed by atoms with van der Waals surface area (Å²) in [5, 5.41) is 8.35. The van der Waals surface area contributed by atoms with Gasteiger partial charge < -0.3 is 0 Å². The fraction of sp³-hybridized carbons (Fsp3) is 0.267. The van der Waals surface area contributed by atoms with Crippen LogP contribution in [0.5, 0.6) is 0 Å². The summed E-state index contributed by atoms with van der Waals surface area (Å²) < 4.78 is 1.66. The highest BCUT2D eigenvalue weighted by atomic mass is 16.2. The molecule has 2 aromatic rings. The van der Waals surface area contributed by atoms with E-state index in [0.717, 1.165) is 22.7 Å². The van der Waals surface area contributed by atoms with Crippen molar-refractivity contribution >= 4 is 11.6 Å². The van der Waals surface area contributed by atoms with Crippen LogP contribution in [0.4, 0.5) is 0 Å². The van der Waals surface area contributed by atoms with Gasteiger partial charge in [-0.1, -0.05) is 30.3 Å². The molecule has 1 aromatic carbocycles. The topological polar surface area (TPSA) is 59.3 Å². The highest BCUT2D eigenvalue weighted by molar-refractivity contribution is 5.99. The van der Waals surface area contributed by atoms with E-state index in [2.05, 4.69) is 15.6 Å². The lowest BCUT2D eigenvalue weighted by molar-refractivity contribution is -0.121. The van der Waals surface area contributed by atoms with E-state index in [0.29, 0.717) is 0 Å². The minimum absolute atomic E-state index is 0.172. The van der Waals surface area contributed by atoms with Crippen LogP contribution in [0.3, 0.4) is 0 Å². The molecule has 1 amide bonds. The van der Waals surface area contributed by atoms with Crippen LogP contribution in [0.2, 0.25) is 0 Å². The number of carbonyl (C=O) groups is 1. The van der Waals surface area contributed by atoms with Crippen LogP contribution < -0.4 is 5.43 Å². The maximum absolute atomic E-state index is 11.8. The van der Waals surface area contributed by atoms with Gasteiger partial charge in [-0.05, 0) is 32.4 Å². The molecule has 0 aliphatic heterocycles. The lowest BCUT2D eigenvalue weighted by Gasteiger charge is -2.04. The molecule has 104 valence electrons. The summed E-state index contributed by atoms with van der Waals surface area (Å²) in [6.45, 7) is 5.86. The Morgan fingerprint density at radius 2 is 2.00 bits per heavy atom. The summed E-state index contributed by atoms with van der Waals surface area (Å²) in [5.41, 5.74) is 6.17. The molecule has 2 rings (SSSR count). The van der Waals surface area contributed by atoms with Crippen LogP contribution in [0.15, 0.2) is 41.5 Å². The molecule has 5 nitrogen and oxygen atoms in total. The van der Waals surface area contributed by atoms with Gasteiger partial charge in [0.1, 0.15) is 6.54 Å². The molecular weight excluding hydrogens is 252 g/mol. The summed E-state index contributed by atoms with van der Waals surface area (Å²) >= 11 is 0. The van der Waals surface area contributed by atoms with E-state index in [4.69, 9.17) is 0 Å². The van der Waals surface area contributed by atoms with Gasteiger partial charge in [-0.3, -0.25) is 9.48 Å².